The number of halogens is 1. The van der Waals surface area contributed by atoms with E-state index in [1.54, 1.807) is 9.80 Å². The maximum absolute atomic E-state index is 3.66. The number of hydrogen-bond acceptors (Lipinski definition) is 1. The zero-order valence-corrected chi connectivity index (χ0v) is 16.2. The third kappa shape index (κ3) is 4.38. The highest BCUT2D eigenvalue weighted by Gasteiger charge is 2.27. The van der Waals surface area contributed by atoms with Crippen molar-refractivity contribution in [1.82, 2.24) is 0 Å². The average Bonchev–Trinajstić information content (AvgIpc) is 2.57. The van der Waals surface area contributed by atoms with Crippen LogP contribution in [0.5, 0.6) is 0 Å². The smallest absolute Gasteiger partial charge is 0.127 e. The van der Waals surface area contributed by atoms with Crippen LogP contribution in [0.1, 0.15) is 18.5 Å². The van der Waals surface area contributed by atoms with Crippen LogP contribution in [0.3, 0.4) is 0 Å². The minimum Gasteiger partial charge on any atom is -0.328 e. The van der Waals surface area contributed by atoms with E-state index in [1.807, 2.05) is 11.8 Å². The van der Waals surface area contributed by atoms with Crippen molar-refractivity contribution in [3.8, 4) is 0 Å². The maximum atomic E-state index is 3.66. The highest BCUT2D eigenvalue weighted by Crippen LogP contribution is 2.34. The summed E-state index contributed by atoms with van der Waals surface area (Å²) in [6, 6.07) is 17.9. The summed E-state index contributed by atoms with van der Waals surface area (Å²) in [4.78, 5) is 6.06. The highest BCUT2D eigenvalue weighted by molar-refractivity contribution is 9.10. The predicted octanol–water partition coefficient (Wildman–Crippen LogP) is 2.07. The van der Waals surface area contributed by atoms with E-state index in [2.05, 4.69) is 78.4 Å². The van der Waals surface area contributed by atoms with E-state index < -0.39 is 0 Å². The first-order valence-electron chi connectivity index (χ1n) is 8.31. The Balaban J connectivity index is 1.84. The van der Waals surface area contributed by atoms with Crippen molar-refractivity contribution in [3.63, 3.8) is 0 Å². The average molecular weight is 393 g/mol. The summed E-state index contributed by atoms with van der Waals surface area (Å²) >= 11 is 5.54. The van der Waals surface area contributed by atoms with Gasteiger partial charge in [0, 0.05) is 19.8 Å². The molecule has 1 fully saturated rings. The van der Waals surface area contributed by atoms with Gasteiger partial charge in [0.25, 0.3) is 0 Å². The van der Waals surface area contributed by atoms with Crippen LogP contribution in [0.4, 0.5) is 0 Å². The van der Waals surface area contributed by atoms with Crippen LogP contribution in [-0.2, 0) is 0 Å². The van der Waals surface area contributed by atoms with Crippen LogP contribution in [0.2, 0.25) is 0 Å². The Labute approximate surface area is 152 Å². The lowest BCUT2D eigenvalue weighted by Gasteiger charge is -2.32. The SMILES string of the molecule is C[C@H](c1cc(Br)ccc1Sc1ccccc1)[NH+]1CC[NH+](C)CC1. The Morgan fingerprint density at radius 3 is 2.39 bits per heavy atom. The van der Waals surface area contributed by atoms with Crippen LogP contribution in [-0.4, -0.2) is 33.2 Å². The lowest BCUT2D eigenvalue weighted by atomic mass is 10.1. The molecule has 0 unspecified atom stereocenters. The molecule has 122 valence electrons. The molecule has 0 radical (unpaired) electrons. The fourth-order valence-electron chi connectivity index (χ4n) is 3.22. The van der Waals surface area contributed by atoms with E-state index in [0.717, 1.165) is 0 Å². The first kappa shape index (κ1) is 17.0. The van der Waals surface area contributed by atoms with Gasteiger partial charge in [-0.05, 0) is 37.3 Å². The number of quaternary nitrogens is 2. The van der Waals surface area contributed by atoms with Crippen molar-refractivity contribution < 1.29 is 9.80 Å². The van der Waals surface area contributed by atoms with Gasteiger partial charge in [-0.25, -0.2) is 0 Å². The van der Waals surface area contributed by atoms with Gasteiger partial charge in [-0.3, -0.25) is 0 Å². The van der Waals surface area contributed by atoms with Crippen molar-refractivity contribution in [1.29, 1.82) is 0 Å². The summed E-state index contributed by atoms with van der Waals surface area (Å²) in [6.45, 7) is 7.44. The molecule has 1 saturated heterocycles. The lowest BCUT2D eigenvalue weighted by Crippen LogP contribution is -3.26. The van der Waals surface area contributed by atoms with Gasteiger partial charge in [0.05, 0.1) is 7.05 Å². The number of hydrogen-bond donors (Lipinski definition) is 2. The summed E-state index contributed by atoms with van der Waals surface area (Å²) in [5.74, 6) is 0. The van der Waals surface area contributed by atoms with Gasteiger partial charge in [-0.15, -0.1) is 0 Å². The Hall–Kier alpha value is -0.810. The molecule has 1 aliphatic heterocycles. The highest BCUT2D eigenvalue weighted by atomic mass is 79.9. The Kier molecular flexibility index (Phi) is 5.81. The molecule has 1 heterocycles. The van der Waals surface area contributed by atoms with Crippen LogP contribution in [0.15, 0.2) is 62.8 Å². The quantitative estimate of drug-likeness (QED) is 0.809. The van der Waals surface area contributed by atoms with Crippen molar-refractivity contribution in [2.75, 3.05) is 33.2 Å². The van der Waals surface area contributed by atoms with Crippen LogP contribution in [0, 0.1) is 0 Å². The lowest BCUT2D eigenvalue weighted by molar-refractivity contribution is -1.02. The number of rotatable bonds is 4. The van der Waals surface area contributed by atoms with Crippen LogP contribution in [0.25, 0.3) is 0 Å². The van der Waals surface area contributed by atoms with Gasteiger partial charge in [0.15, 0.2) is 0 Å². The number of benzene rings is 2. The molecule has 3 rings (SSSR count). The third-order valence-corrected chi connectivity index (χ3v) is 6.36. The molecule has 2 aromatic rings. The first-order valence-corrected chi connectivity index (χ1v) is 9.92. The fraction of sp³-hybridized carbons (Fsp3) is 0.368. The Bertz CT molecular complexity index is 639. The van der Waals surface area contributed by atoms with Gasteiger partial charge in [-0.1, -0.05) is 45.9 Å². The van der Waals surface area contributed by atoms with Crippen molar-refractivity contribution in [2.45, 2.75) is 22.8 Å². The van der Waals surface area contributed by atoms with E-state index in [4.69, 9.17) is 0 Å². The molecule has 23 heavy (non-hydrogen) atoms. The zero-order valence-electron chi connectivity index (χ0n) is 13.8. The van der Waals surface area contributed by atoms with Crippen molar-refractivity contribution in [2.24, 2.45) is 0 Å². The van der Waals surface area contributed by atoms with Gasteiger partial charge in [-0.2, -0.15) is 0 Å². The van der Waals surface area contributed by atoms with Gasteiger partial charge in [0.2, 0.25) is 0 Å². The minimum atomic E-state index is 0.534. The maximum Gasteiger partial charge on any atom is 0.127 e. The Morgan fingerprint density at radius 1 is 1.00 bits per heavy atom. The van der Waals surface area contributed by atoms with E-state index in [-0.39, 0.29) is 0 Å². The van der Waals surface area contributed by atoms with Gasteiger partial charge in [0.1, 0.15) is 32.2 Å². The topological polar surface area (TPSA) is 8.88 Å². The number of piperazine rings is 1. The second kappa shape index (κ2) is 7.84. The summed E-state index contributed by atoms with van der Waals surface area (Å²) < 4.78 is 1.18. The monoisotopic (exact) mass is 392 g/mol. The summed E-state index contributed by atoms with van der Waals surface area (Å²) in [7, 11) is 2.30. The predicted molar refractivity (Wildman–Crippen MR) is 100 cm³/mol. The van der Waals surface area contributed by atoms with Crippen LogP contribution < -0.4 is 9.80 Å². The molecule has 2 nitrogen and oxygen atoms in total. The van der Waals surface area contributed by atoms with E-state index >= 15 is 0 Å². The zero-order chi connectivity index (χ0) is 16.2. The van der Waals surface area contributed by atoms with E-state index in [1.165, 1.54) is 46.0 Å². The molecule has 0 spiro atoms. The van der Waals surface area contributed by atoms with Gasteiger partial charge < -0.3 is 9.80 Å². The second-order valence-electron chi connectivity index (χ2n) is 6.43. The summed E-state index contributed by atoms with van der Waals surface area (Å²) in [5.41, 5.74) is 1.46. The molecule has 0 saturated carbocycles. The molecule has 1 atom stereocenters. The number of nitrogens with one attached hydrogen (secondary N) is 2. The van der Waals surface area contributed by atoms with Crippen molar-refractivity contribution in [3.05, 3.63) is 58.6 Å². The molecule has 2 aromatic carbocycles. The first-order chi connectivity index (χ1) is 11.1. The fourth-order valence-corrected chi connectivity index (χ4v) is 4.63. The molecule has 0 aliphatic carbocycles. The summed E-state index contributed by atoms with van der Waals surface area (Å²) in [6.07, 6.45) is 0. The van der Waals surface area contributed by atoms with Crippen LogP contribution >= 0.6 is 27.7 Å². The molecule has 4 heteroatoms. The largest absolute Gasteiger partial charge is 0.328 e. The summed E-state index contributed by atoms with van der Waals surface area (Å²) in [5, 5.41) is 0. The van der Waals surface area contributed by atoms with E-state index in [0.29, 0.717) is 6.04 Å². The molecular formula is C19H25BrN2S+2. The molecule has 0 amide bonds. The minimum absolute atomic E-state index is 0.534. The van der Waals surface area contributed by atoms with Crippen molar-refractivity contribution >= 4 is 27.7 Å². The van der Waals surface area contributed by atoms with E-state index in [9.17, 15) is 0 Å². The van der Waals surface area contributed by atoms with Gasteiger partial charge >= 0.3 is 0 Å². The standard InChI is InChI=1S/C19H23BrN2S/c1-15(22-12-10-21(2)11-13-22)18-14-16(20)8-9-19(18)23-17-6-4-3-5-7-17/h3-9,14-15H,10-13H2,1-2H3/p+2/t15-/m1/s1. The molecule has 0 aromatic heterocycles. The second-order valence-corrected chi connectivity index (χ2v) is 8.47. The Morgan fingerprint density at radius 2 is 1.70 bits per heavy atom. The normalized spacial score (nSPS) is 22.7. The molecule has 1 aliphatic rings. The third-order valence-electron chi connectivity index (χ3n) is 4.77. The molecule has 0 bridgehead atoms. The molecular weight excluding hydrogens is 368 g/mol. The number of likely N-dealkylation sites (N-methyl/N-ethyl adjacent to an activating group) is 1. The molecule has 2 N–H and O–H groups in total.